The van der Waals surface area contributed by atoms with Crippen molar-refractivity contribution in [2.75, 3.05) is 49.9 Å². The van der Waals surface area contributed by atoms with Gasteiger partial charge in [0.1, 0.15) is 11.4 Å². The highest BCUT2D eigenvalue weighted by molar-refractivity contribution is 5.74. The van der Waals surface area contributed by atoms with Crippen molar-refractivity contribution in [1.82, 2.24) is 20.0 Å². The molecule has 0 spiro atoms. The largest absolute Gasteiger partial charge is 0.507 e. The Morgan fingerprint density at radius 3 is 2.20 bits per heavy atom. The lowest BCUT2D eigenvalue weighted by molar-refractivity contribution is -0.112. The Morgan fingerprint density at radius 1 is 0.886 bits per heavy atom. The number of nitrogens with two attached hydrogens (primary N) is 1. The SMILES string of the molecule is CC(C)(C)OC(=O)N1CCC(OC2CC(N3CCC(O[C@H]4CCN(c5cc(-c6ccccc6O)nnc5N)C4)CC3)C2)CC1. The van der Waals surface area contributed by atoms with Gasteiger partial charge in [0.2, 0.25) is 0 Å². The number of likely N-dealkylation sites (tertiary alicyclic amines) is 2. The van der Waals surface area contributed by atoms with Crippen molar-refractivity contribution in [2.24, 2.45) is 0 Å². The van der Waals surface area contributed by atoms with E-state index < -0.39 is 5.60 Å². The molecule has 3 aliphatic heterocycles. The topological polar surface area (TPSA) is 127 Å². The van der Waals surface area contributed by atoms with Gasteiger partial charge in [-0.15, -0.1) is 10.2 Å². The maximum atomic E-state index is 12.3. The van der Waals surface area contributed by atoms with Gasteiger partial charge in [-0.3, -0.25) is 4.90 Å². The van der Waals surface area contributed by atoms with E-state index in [-0.39, 0.29) is 30.2 Å². The van der Waals surface area contributed by atoms with Gasteiger partial charge in [0.25, 0.3) is 0 Å². The van der Waals surface area contributed by atoms with Gasteiger partial charge in [-0.25, -0.2) is 4.79 Å². The Balaban J connectivity index is 0.894. The van der Waals surface area contributed by atoms with E-state index in [0.717, 1.165) is 76.8 Å². The number of ether oxygens (including phenoxy) is 3. The summed E-state index contributed by atoms with van der Waals surface area (Å²) in [7, 11) is 0. The summed E-state index contributed by atoms with van der Waals surface area (Å²) in [6.45, 7) is 10.9. The van der Waals surface area contributed by atoms with Crippen LogP contribution in [0.4, 0.5) is 16.3 Å². The number of aromatic nitrogens is 2. The minimum Gasteiger partial charge on any atom is -0.507 e. The van der Waals surface area contributed by atoms with Gasteiger partial charge >= 0.3 is 6.09 Å². The second-order valence-corrected chi connectivity index (χ2v) is 13.8. The number of amides is 1. The molecule has 44 heavy (non-hydrogen) atoms. The number of hydrogen-bond donors (Lipinski definition) is 2. The van der Waals surface area contributed by atoms with Crippen molar-refractivity contribution in [3.63, 3.8) is 0 Å². The summed E-state index contributed by atoms with van der Waals surface area (Å²) in [5, 5.41) is 18.7. The van der Waals surface area contributed by atoms with Gasteiger partial charge in [-0.05, 0) is 83.9 Å². The molecule has 1 saturated carbocycles. The van der Waals surface area contributed by atoms with Crippen LogP contribution in [0.25, 0.3) is 11.3 Å². The predicted octanol–water partition coefficient (Wildman–Crippen LogP) is 4.44. The normalized spacial score (nSPS) is 25.7. The van der Waals surface area contributed by atoms with Crippen molar-refractivity contribution < 1.29 is 24.1 Å². The monoisotopic (exact) mass is 608 g/mol. The Hall–Kier alpha value is -3.15. The summed E-state index contributed by atoms with van der Waals surface area (Å²) >= 11 is 0. The molecule has 4 aliphatic rings. The molecule has 3 N–H and O–H groups in total. The summed E-state index contributed by atoms with van der Waals surface area (Å²) < 4.78 is 18.5. The number of para-hydroxylation sites is 1. The van der Waals surface area contributed by atoms with Crippen molar-refractivity contribution in [1.29, 1.82) is 0 Å². The lowest BCUT2D eigenvalue weighted by Crippen LogP contribution is -2.53. The van der Waals surface area contributed by atoms with E-state index in [2.05, 4.69) is 20.0 Å². The van der Waals surface area contributed by atoms with Crippen LogP contribution in [0.1, 0.15) is 65.7 Å². The predicted molar refractivity (Wildman–Crippen MR) is 169 cm³/mol. The minimum atomic E-state index is -0.461. The molecule has 1 aromatic carbocycles. The first-order valence-electron chi connectivity index (χ1n) is 16.3. The average molecular weight is 609 g/mol. The van der Waals surface area contributed by atoms with Crippen LogP contribution in [0.15, 0.2) is 30.3 Å². The van der Waals surface area contributed by atoms with Gasteiger partial charge < -0.3 is 34.9 Å². The first-order valence-corrected chi connectivity index (χ1v) is 16.3. The molecule has 11 heteroatoms. The second kappa shape index (κ2) is 13.1. The zero-order chi connectivity index (χ0) is 30.8. The van der Waals surface area contributed by atoms with Gasteiger partial charge in [-0.2, -0.15) is 0 Å². The van der Waals surface area contributed by atoms with Crippen LogP contribution in [0.2, 0.25) is 0 Å². The fourth-order valence-corrected chi connectivity index (χ4v) is 6.89. The van der Waals surface area contributed by atoms with E-state index in [0.29, 0.717) is 42.3 Å². The molecule has 0 radical (unpaired) electrons. The van der Waals surface area contributed by atoms with E-state index in [1.807, 2.05) is 43.9 Å². The Bertz CT molecular complexity index is 1280. The zero-order valence-corrected chi connectivity index (χ0v) is 26.4. The Labute approximate surface area is 260 Å². The minimum absolute atomic E-state index is 0.163. The molecule has 11 nitrogen and oxygen atoms in total. The third-order valence-electron chi connectivity index (χ3n) is 9.39. The van der Waals surface area contributed by atoms with E-state index in [1.165, 1.54) is 0 Å². The molecule has 1 aromatic heterocycles. The fraction of sp³-hybridized carbons (Fsp3) is 0.667. The fourth-order valence-electron chi connectivity index (χ4n) is 6.89. The summed E-state index contributed by atoms with van der Waals surface area (Å²) in [5.41, 5.74) is 7.85. The number of nitrogens with zero attached hydrogens (tertiary/aromatic N) is 5. The molecule has 1 aliphatic carbocycles. The van der Waals surface area contributed by atoms with Gasteiger partial charge in [0.05, 0.1) is 35.8 Å². The summed E-state index contributed by atoms with van der Waals surface area (Å²) in [4.78, 5) is 19.0. The molecular formula is C33H48N6O5. The number of rotatable bonds is 7. The van der Waals surface area contributed by atoms with Gasteiger partial charge in [0, 0.05) is 50.9 Å². The van der Waals surface area contributed by atoms with Crippen molar-refractivity contribution in [3.8, 4) is 17.0 Å². The number of phenols is 1. The number of anilines is 2. The second-order valence-electron chi connectivity index (χ2n) is 13.8. The van der Waals surface area contributed by atoms with E-state index in [1.54, 1.807) is 12.1 Å². The number of carbonyl (C=O) groups excluding carboxylic acids is 1. The summed E-state index contributed by atoms with van der Waals surface area (Å²) in [5.74, 6) is 0.570. The summed E-state index contributed by atoms with van der Waals surface area (Å²) in [6, 6.07) is 9.66. The van der Waals surface area contributed by atoms with Crippen molar-refractivity contribution in [3.05, 3.63) is 30.3 Å². The quantitative estimate of drug-likeness (QED) is 0.466. The van der Waals surface area contributed by atoms with Crippen LogP contribution in [0.5, 0.6) is 5.75 Å². The molecule has 0 unspecified atom stereocenters. The first-order chi connectivity index (χ1) is 21.1. The molecule has 0 bridgehead atoms. The van der Waals surface area contributed by atoms with Crippen LogP contribution in [0, 0.1) is 0 Å². The molecule has 2 aromatic rings. The number of nitrogen functional groups attached to an aromatic ring is 1. The number of benzene rings is 1. The lowest BCUT2D eigenvalue weighted by Gasteiger charge is -2.47. The number of phenolic OH excluding ortho intramolecular Hbond substituents is 1. The van der Waals surface area contributed by atoms with Crippen LogP contribution >= 0.6 is 0 Å². The number of aromatic hydroxyl groups is 1. The Kier molecular flexibility index (Phi) is 9.16. The number of hydrogen-bond acceptors (Lipinski definition) is 10. The molecule has 240 valence electrons. The lowest BCUT2D eigenvalue weighted by atomic mass is 9.86. The molecule has 4 heterocycles. The highest BCUT2D eigenvalue weighted by atomic mass is 16.6. The van der Waals surface area contributed by atoms with Crippen LogP contribution in [0.3, 0.4) is 0 Å². The van der Waals surface area contributed by atoms with Crippen LogP contribution in [-0.2, 0) is 14.2 Å². The van der Waals surface area contributed by atoms with E-state index >= 15 is 0 Å². The average Bonchev–Trinajstić information content (AvgIpc) is 3.43. The molecular weight excluding hydrogens is 560 g/mol. The number of carbonyl (C=O) groups is 1. The smallest absolute Gasteiger partial charge is 0.410 e. The standard InChI is InChI=1S/C33H48N6O5/c1-33(2,3)44-32(41)38-15-10-24(11-16-38)43-26-18-22(19-26)37-13-8-23(9-14-37)42-25-12-17-39(21-25)29-20-28(35-36-31(29)34)27-6-4-5-7-30(27)40/h4-7,20,22-26,40H,8-19,21H2,1-3H3,(H2,34,36)/t22?,25-,26?/m0/s1. The van der Waals surface area contributed by atoms with Gasteiger partial charge in [0.15, 0.2) is 5.82 Å². The molecule has 4 fully saturated rings. The van der Waals surface area contributed by atoms with E-state index in [4.69, 9.17) is 19.9 Å². The van der Waals surface area contributed by atoms with Gasteiger partial charge in [-0.1, -0.05) is 12.1 Å². The highest BCUT2D eigenvalue weighted by Gasteiger charge is 2.39. The highest BCUT2D eigenvalue weighted by Crippen LogP contribution is 2.35. The Morgan fingerprint density at radius 2 is 1.52 bits per heavy atom. The van der Waals surface area contributed by atoms with E-state index in [9.17, 15) is 9.90 Å². The maximum absolute atomic E-state index is 12.3. The molecule has 6 rings (SSSR count). The zero-order valence-electron chi connectivity index (χ0n) is 26.4. The van der Waals surface area contributed by atoms with Crippen LogP contribution < -0.4 is 10.6 Å². The van der Waals surface area contributed by atoms with Crippen molar-refractivity contribution >= 4 is 17.6 Å². The maximum Gasteiger partial charge on any atom is 0.410 e. The first kappa shape index (κ1) is 30.9. The molecule has 1 atom stereocenters. The third-order valence-corrected chi connectivity index (χ3v) is 9.39. The van der Waals surface area contributed by atoms with Crippen LogP contribution in [-0.4, -0.2) is 107 Å². The summed E-state index contributed by atoms with van der Waals surface area (Å²) in [6.07, 6.45) is 7.80. The third kappa shape index (κ3) is 7.38. The molecule has 3 saturated heterocycles. The molecule has 1 amide bonds. The van der Waals surface area contributed by atoms with Crippen molar-refractivity contribution in [2.45, 2.75) is 102 Å². The number of piperidine rings is 2.